The number of pyridine rings is 2. The summed E-state index contributed by atoms with van der Waals surface area (Å²) in [5, 5.41) is -6.17. The van der Waals surface area contributed by atoms with Gasteiger partial charge in [-0.05, 0) is 18.2 Å². The van der Waals surface area contributed by atoms with Gasteiger partial charge in [-0.2, -0.15) is 33.7 Å². The molecule has 2 heterocycles. The zero-order valence-electron chi connectivity index (χ0n) is 19.6. The summed E-state index contributed by atoms with van der Waals surface area (Å²) < 4.78 is 140. The largest absolute Gasteiger partial charge is 0.364 e. The lowest BCUT2D eigenvalue weighted by atomic mass is 10.0. The fourth-order valence-corrected chi connectivity index (χ4v) is 9.43. The fourth-order valence-electron chi connectivity index (χ4n) is 4.65. The summed E-state index contributed by atoms with van der Waals surface area (Å²) in [7, 11) is -23.9. The highest BCUT2D eigenvalue weighted by molar-refractivity contribution is 7.89. The second-order valence-corrected chi connectivity index (χ2v) is 14.6. The minimum absolute atomic E-state index is 0.0825. The lowest BCUT2D eigenvalue weighted by Gasteiger charge is -2.20. The molecule has 5 N–H and O–H groups in total. The SMILES string of the molecule is O=c1c2ccccc2[nH]c2cc3c(=O)c4c(Cl)c(Cl)c(S(=O)(=O)O)c(S(=O)(=O)O)c4n(S(=O)(=O)O)c3c(S(=O)(=O)O)c12. The van der Waals surface area contributed by atoms with Crippen LogP contribution in [0.3, 0.4) is 0 Å². The van der Waals surface area contributed by atoms with Gasteiger partial charge in [-0.1, -0.05) is 35.3 Å². The molecule has 0 atom stereocenters. The van der Waals surface area contributed by atoms with Gasteiger partial charge in [0.15, 0.2) is 10.9 Å². The highest BCUT2D eigenvalue weighted by atomic mass is 35.5. The van der Waals surface area contributed by atoms with E-state index in [9.17, 15) is 61.5 Å². The van der Waals surface area contributed by atoms with Crippen LogP contribution in [0.2, 0.25) is 10.0 Å². The van der Waals surface area contributed by atoms with Gasteiger partial charge in [0.1, 0.15) is 14.7 Å². The number of nitrogens with one attached hydrogen (secondary N) is 1. The van der Waals surface area contributed by atoms with E-state index in [4.69, 9.17) is 23.2 Å². The Bertz CT molecular complexity index is 2680. The zero-order valence-corrected chi connectivity index (χ0v) is 24.4. The summed E-state index contributed by atoms with van der Waals surface area (Å²) in [6, 6.07) is 6.12. The predicted octanol–water partition coefficient (Wildman–Crippen LogP) is 1.85. The van der Waals surface area contributed by atoms with E-state index < -0.39 is 113 Å². The van der Waals surface area contributed by atoms with Crippen LogP contribution in [-0.4, -0.2) is 60.8 Å². The van der Waals surface area contributed by atoms with Gasteiger partial charge in [-0.15, -0.1) is 0 Å². The van der Waals surface area contributed by atoms with E-state index in [0.717, 1.165) is 0 Å². The van der Waals surface area contributed by atoms with Crippen LogP contribution in [0.1, 0.15) is 0 Å². The Kier molecular flexibility index (Phi) is 6.60. The summed E-state index contributed by atoms with van der Waals surface area (Å²) >= 11 is 11.9. The Morgan fingerprint density at radius 1 is 0.619 bits per heavy atom. The molecule has 2 aromatic heterocycles. The van der Waals surface area contributed by atoms with Crippen LogP contribution in [-0.2, 0) is 40.7 Å². The van der Waals surface area contributed by atoms with Crippen molar-refractivity contribution in [1.82, 2.24) is 8.96 Å². The molecule has 222 valence electrons. The third-order valence-electron chi connectivity index (χ3n) is 6.08. The van der Waals surface area contributed by atoms with E-state index in [0.29, 0.717) is 6.07 Å². The number of nitrogens with zero attached hydrogens (tertiary/aromatic N) is 1. The Morgan fingerprint density at radius 3 is 1.67 bits per heavy atom. The molecule has 3 aromatic carbocycles. The van der Waals surface area contributed by atoms with Crippen molar-refractivity contribution in [1.29, 1.82) is 0 Å². The lowest BCUT2D eigenvalue weighted by Crippen LogP contribution is -2.24. The Balaban J connectivity index is 2.41. The van der Waals surface area contributed by atoms with E-state index in [1.165, 1.54) is 24.3 Å². The van der Waals surface area contributed by atoms with Crippen LogP contribution >= 0.6 is 23.2 Å². The zero-order chi connectivity index (χ0) is 31.5. The highest BCUT2D eigenvalue weighted by Crippen LogP contribution is 2.43. The van der Waals surface area contributed by atoms with Crippen molar-refractivity contribution >= 4 is 107 Å². The molecule has 42 heavy (non-hydrogen) atoms. The summed E-state index contributed by atoms with van der Waals surface area (Å²) in [5.74, 6) is 0. The molecule has 0 bridgehead atoms. The molecule has 0 aliphatic heterocycles. The van der Waals surface area contributed by atoms with Crippen LogP contribution in [0.5, 0.6) is 0 Å². The minimum Gasteiger partial charge on any atom is -0.354 e. The molecule has 22 heteroatoms. The summed E-state index contributed by atoms with van der Waals surface area (Å²) in [5.41, 5.74) is -6.51. The Morgan fingerprint density at radius 2 is 1.14 bits per heavy atom. The summed E-state index contributed by atoms with van der Waals surface area (Å²) in [6.45, 7) is 0. The number of para-hydroxylation sites is 1. The van der Waals surface area contributed by atoms with Gasteiger partial charge < -0.3 is 4.98 Å². The third-order valence-corrected chi connectivity index (χ3v) is 10.7. The van der Waals surface area contributed by atoms with E-state index in [1.54, 1.807) is 0 Å². The first-order valence-electron chi connectivity index (χ1n) is 10.5. The number of halogens is 2. The minimum atomic E-state index is -6.12. The average molecular weight is 701 g/mol. The maximum Gasteiger partial charge on any atom is 0.364 e. The number of aromatic amines is 1. The van der Waals surface area contributed by atoms with Crippen molar-refractivity contribution in [3.8, 4) is 0 Å². The number of H-pyrrole nitrogens is 1. The number of rotatable bonds is 4. The first kappa shape index (κ1) is 30.3. The van der Waals surface area contributed by atoms with Crippen LogP contribution < -0.4 is 10.9 Å². The first-order chi connectivity index (χ1) is 19.1. The molecular formula is C20H10Cl2N2O14S4. The molecule has 5 rings (SSSR count). The van der Waals surface area contributed by atoms with Gasteiger partial charge >= 0.3 is 10.3 Å². The van der Waals surface area contributed by atoms with E-state index >= 15 is 0 Å². The molecule has 0 fully saturated rings. The van der Waals surface area contributed by atoms with E-state index in [2.05, 4.69) is 4.98 Å². The number of aromatic nitrogens is 2. The van der Waals surface area contributed by atoms with Crippen molar-refractivity contribution in [3.05, 3.63) is 60.8 Å². The van der Waals surface area contributed by atoms with E-state index in [1.807, 2.05) is 0 Å². The summed E-state index contributed by atoms with van der Waals surface area (Å²) in [6.07, 6.45) is 0. The standard InChI is InChI=1S/C20H10Cl2N2O14S4/c21-12-11-15(20(41(33,34)35)19(13(12)22)40(30,31)32)24(42(36,37)38)14-7(17(11)26)5-9-10(18(14)39(27,28)29)16(25)6-3-1-2-4-8(6)23-9/h1-5H,(H,23,25)(H,27,28,29)(H,30,31,32)(H,33,34,35)(H,36,37,38). The Hall–Kier alpha value is -3.18. The van der Waals surface area contributed by atoms with Gasteiger partial charge in [0.2, 0.25) is 0 Å². The lowest BCUT2D eigenvalue weighted by molar-refractivity contribution is 0.466. The molecule has 0 amide bonds. The van der Waals surface area contributed by atoms with Crippen LogP contribution in [0, 0.1) is 0 Å². The van der Waals surface area contributed by atoms with Gasteiger partial charge in [0.05, 0.1) is 42.8 Å². The second kappa shape index (κ2) is 9.16. The molecule has 16 nitrogen and oxygen atoms in total. The molecule has 5 aromatic rings. The second-order valence-electron chi connectivity index (χ2n) is 8.53. The van der Waals surface area contributed by atoms with Crippen molar-refractivity contribution in [3.63, 3.8) is 0 Å². The number of benzene rings is 3. The van der Waals surface area contributed by atoms with Crippen LogP contribution in [0.15, 0.2) is 54.6 Å². The molecule has 0 unspecified atom stereocenters. The monoisotopic (exact) mass is 700 g/mol. The van der Waals surface area contributed by atoms with Gasteiger partial charge in [-0.25, -0.2) is 3.97 Å². The quantitative estimate of drug-likeness (QED) is 0.132. The molecule has 0 aliphatic carbocycles. The number of hydrogen-bond acceptors (Lipinski definition) is 10. The van der Waals surface area contributed by atoms with Crippen molar-refractivity contribution < 1.29 is 51.9 Å². The Labute approximate surface area is 242 Å². The summed E-state index contributed by atoms with van der Waals surface area (Å²) in [4.78, 5) is 24.1. The molecule has 0 spiro atoms. The molecule has 0 saturated carbocycles. The van der Waals surface area contributed by atoms with Gasteiger partial charge in [0, 0.05) is 10.9 Å². The van der Waals surface area contributed by atoms with Crippen molar-refractivity contribution in [2.24, 2.45) is 0 Å². The average Bonchev–Trinajstić information content (AvgIpc) is 2.82. The van der Waals surface area contributed by atoms with Crippen molar-refractivity contribution in [2.45, 2.75) is 14.7 Å². The molecule has 0 saturated heterocycles. The third kappa shape index (κ3) is 4.38. The predicted molar refractivity (Wildman–Crippen MR) is 148 cm³/mol. The fraction of sp³-hybridized carbons (Fsp3) is 0. The maximum atomic E-state index is 13.8. The van der Waals surface area contributed by atoms with Gasteiger partial charge in [-0.3, -0.25) is 27.8 Å². The van der Waals surface area contributed by atoms with Crippen LogP contribution in [0.25, 0.3) is 43.6 Å². The van der Waals surface area contributed by atoms with Gasteiger partial charge in [0.25, 0.3) is 30.4 Å². The highest BCUT2D eigenvalue weighted by Gasteiger charge is 2.39. The first-order valence-corrected chi connectivity index (χ1v) is 17.0. The smallest absolute Gasteiger partial charge is 0.354 e. The number of fused-ring (bicyclic) bond motifs is 4. The molecule has 0 radical (unpaired) electrons. The van der Waals surface area contributed by atoms with E-state index in [-0.39, 0.29) is 10.9 Å². The maximum absolute atomic E-state index is 13.8. The topological polar surface area (TPSA) is 272 Å². The van der Waals surface area contributed by atoms with Crippen LogP contribution in [0.4, 0.5) is 0 Å². The normalized spacial score (nSPS) is 13.5. The molecule has 0 aliphatic rings. The molecular weight excluding hydrogens is 691 g/mol. The number of hydrogen-bond donors (Lipinski definition) is 5. The van der Waals surface area contributed by atoms with Crippen molar-refractivity contribution in [2.75, 3.05) is 0 Å².